The van der Waals surface area contributed by atoms with Gasteiger partial charge < -0.3 is 10.3 Å². The number of H-pyrrole nitrogens is 1. The average molecular weight is 282 g/mol. The number of benzene rings is 1. The number of aryl methyl sites for hydroxylation is 1. The van der Waals surface area contributed by atoms with E-state index in [1.807, 2.05) is 45.0 Å². The van der Waals surface area contributed by atoms with Crippen LogP contribution >= 0.6 is 0 Å². The summed E-state index contributed by atoms with van der Waals surface area (Å²) in [7, 11) is 0. The first kappa shape index (κ1) is 13.4. The fourth-order valence-electron chi connectivity index (χ4n) is 2.52. The third-order valence-corrected chi connectivity index (χ3v) is 3.52. The maximum absolute atomic E-state index is 12.5. The fraction of sp³-hybridized carbons (Fsp3) is 0.250. The first-order valence-electron chi connectivity index (χ1n) is 7.00. The SMILES string of the molecule is Cc1[nH]c2ccccc2c1NC(=O)c1ccnn1C(C)C. The summed E-state index contributed by atoms with van der Waals surface area (Å²) in [5.41, 5.74) is 3.35. The zero-order chi connectivity index (χ0) is 15.0. The van der Waals surface area contributed by atoms with E-state index in [1.54, 1.807) is 16.9 Å². The number of aromatic amines is 1. The van der Waals surface area contributed by atoms with Crippen molar-refractivity contribution >= 4 is 22.5 Å². The van der Waals surface area contributed by atoms with E-state index >= 15 is 0 Å². The Morgan fingerprint density at radius 2 is 2.05 bits per heavy atom. The van der Waals surface area contributed by atoms with Crippen molar-refractivity contribution in [3.8, 4) is 0 Å². The van der Waals surface area contributed by atoms with Gasteiger partial charge in [0.25, 0.3) is 5.91 Å². The Bertz CT molecular complexity index is 798. The molecule has 1 amide bonds. The molecule has 21 heavy (non-hydrogen) atoms. The monoisotopic (exact) mass is 282 g/mol. The van der Waals surface area contributed by atoms with Gasteiger partial charge in [0.1, 0.15) is 5.69 Å². The number of para-hydroxylation sites is 1. The Kier molecular flexibility index (Phi) is 3.25. The standard InChI is InChI=1S/C16H18N4O/c1-10(2)20-14(8-9-17-20)16(21)19-15-11(3)18-13-7-5-4-6-12(13)15/h4-10,18H,1-3H3,(H,19,21). The van der Waals surface area contributed by atoms with Crippen LogP contribution in [0.4, 0.5) is 5.69 Å². The summed E-state index contributed by atoms with van der Waals surface area (Å²) in [5, 5.41) is 8.21. The molecule has 0 unspecified atom stereocenters. The van der Waals surface area contributed by atoms with Gasteiger partial charge in [-0.15, -0.1) is 0 Å². The van der Waals surface area contributed by atoms with E-state index in [9.17, 15) is 4.79 Å². The molecule has 0 fully saturated rings. The quantitative estimate of drug-likeness (QED) is 0.772. The summed E-state index contributed by atoms with van der Waals surface area (Å²) in [6.45, 7) is 5.96. The van der Waals surface area contributed by atoms with Crippen LogP contribution in [0.15, 0.2) is 36.5 Å². The molecule has 3 rings (SSSR count). The summed E-state index contributed by atoms with van der Waals surface area (Å²) < 4.78 is 1.72. The first-order valence-corrected chi connectivity index (χ1v) is 7.00. The van der Waals surface area contributed by atoms with Crippen molar-refractivity contribution in [3.05, 3.63) is 47.9 Å². The number of nitrogens with one attached hydrogen (secondary N) is 2. The van der Waals surface area contributed by atoms with Crippen LogP contribution in [0.3, 0.4) is 0 Å². The van der Waals surface area contributed by atoms with E-state index < -0.39 is 0 Å². The largest absolute Gasteiger partial charge is 0.357 e. The van der Waals surface area contributed by atoms with Gasteiger partial charge in [0.2, 0.25) is 0 Å². The second kappa shape index (κ2) is 5.09. The highest BCUT2D eigenvalue weighted by atomic mass is 16.2. The number of fused-ring (bicyclic) bond motifs is 1. The zero-order valence-corrected chi connectivity index (χ0v) is 12.3. The Balaban J connectivity index is 1.97. The summed E-state index contributed by atoms with van der Waals surface area (Å²) in [6.07, 6.45) is 1.65. The van der Waals surface area contributed by atoms with E-state index in [1.165, 1.54) is 0 Å². The molecule has 0 saturated heterocycles. The minimum atomic E-state index is -0.144. The molecule has 108 valence electrons. The third-order valence-electron chi connectivity index (χ3n) is 3.52. The van der Waals surface area contributed by atoms with E-state index in [0.29, 0.717) is 5.69 Å². The lowest BCUT2D eigenvalue weighted by Gasteiger charge is -2.11. The maximum Gasteiger partial charge on any atom is 0.274 e. The van der Waals surface area contributed by atoms with Gasteiger partial charge in [-0.1, -0.05) is 18.2 Å². The number of aromatic nitrogens is 3. The molecule has 0 aliphatic carbocycles. The number of carbonyl (C=O) groups excluding carboxylic acids is 1. The number of anilines is 1. The predicted octanol–water partition coefficient (Wildman–Crippen LogP) is 3.51. The molecule has 2 aromatic heterocycles. The molecule has 0 bridgehead atoms. The van der Waals surface area contributed by atoms with Crippen molar-refractivity contribution in [2.45, 2.75) is 26.8 Å². The number of rotatable bonds is 3. The minimum Gasteiger partial charge on any atom is -0.357 e. The van der Waals surface area contributed by atoms with Gasteiger partial charge >= 0.3 is 0 Å². The van der Waals surface area contributed by atoms with Crippen LogP contribution in [0.1, 0.15) is 36.1 Å². The Morgan fingerprint density at radius 3 is 2.81 bits per heavy atom. The molecule has 0 saturated carbocycles. The fourth-order valence-corrected chi connectivity index (χ4v) is 2.52. The van der Waals surface area contributed by atoms with E-state index in [4.69, 9.17) is 0 Å². The topological polar surface area (TPSA) is 62.7 Å². The van der Waals surface area contributed by atoms with E-state index in [2.05, 4.69) is 15.4 Å². The lowest BCUT2D eigenvalue weighted by molar-refractivity contribution is 0.101. The maximum atomic E-state index is 12.5. The van der Waals surface area contributed by atoms with Crippen LogP contribution in [-0.4, -0.2) is 20.7 Å². The van der Waals surface area contributed by atoms with Gasteiger partial charge in [0.05, 0.1) is 5.69 Å². The molecule has 0 aliphatic rings. The number of nitrogens with zero attached hydrogens (tertiary/aromatic N) is 2. The zero-order valence-electron chi connectivity index (χ0n) is 12.3. The second-order valence-electron chi connectivity index (χ2n) is 5.38. The van der Waals surface area contributed by atoms with Crippen LogP contribution in [0.5, 0.6) is 0 Å². The normalized spacial score (nSPS) is 11.2. The first-order chi connectivity index (χ1) is 10.1. The third kappa shape index (κ3) is 2.31. The Labute approximate surface area is 123 Å². The molecule has 0 atom stereocenters. The van der Waals surface area contributed by atoms with Gasteiger partial charge in [0, 0.05) is 28.8 Å². The Morgan fingerprint density at radius 1 is 1.29 bits per heavy atom. The van der Waals surface area contributed by atoms with Crippen molar-refractivity contribution < 1.29 is 4.79 Å². The molecule has 3 aromatic rings. The predicted molar refractivity (Wildman–Crippen MR) is 83.6 cm³/mol. The molecular weight excluding hydrogens is 264 g/mol. The van der Waals surface area contributed by atoms with Crippen LogP contribution in [0.2, 0.25) is 0 Å². The lowest BCUT2D eigenvalue weighted by Crippen LogP contribution is -2.19. The van der Waals surface area contributed by atoms with Crippen molar-refractivity contribution in [3.63, 3.8) is 0 Å². The molecule has 5 heteroatoms. The summed E-state index contributed by atoms with van der Waals surface area (Å²) >= 11 is 0. The van der Waals surface area contributed by atoms with Crippen molar-refractivity contribution in [2.24, 2.45) is 0 Å². The lowest BCUT2D eigenvalue weighted by atomic mass is 10.2. The Hall–Kier alpha value is -2.56. The van der Waals surface area contributed by atoms with Crippen LogP contribution < -0.4 is 5.32 Å². The van der Waals surface area contributed by atoms with Crippen molar-refractivity contribution in [2.75, 3.05) is 5.32 Å². The smallest absolute Gasteiger partial charge is 0.274 e. The van der Waals surface area contributed by atoms with Gasteiger partial charge in [-0.05, 0) is 32.9 Å². The average Bonchev–Trinajstić information content (AvgIpc) is 3.04. The number of hydrogen-bond donors (Lipinski definition) is 2. The highest BCUT2D eigenvalue weighted by Crippen LogP contribution is 2.27. The van der Waals surface area contributed by atoms with E-state index in [0.717, 1.165) is 22.3 Å². The summed E-state index contributed by atoms with van der Waals surface area (Å²) in [6, 6.07) is 9.80. The summed E-state index contributed by atoms with van der Waals surface area (Å²) in [5.74, 6) is -0.144. The molecular formula is C16H18N4O. The minimum absolute atomic E-state index is 0.143. The number of hydrogen-bond acceptors (Lipinski definition) is 2. The molecule has 2 N–H and O–H groups in total. The summed E-state index contributed by atoms with van der Waals surface area (Å²) in [4.78, 5) is 15.8. The molecule has 1 aromatic carbocycles. The van der Waals surface area contributed by atoms with Gasteiger partial charge in [0.15, 0.2) is 0 Å². The second-order valence-corrected chi connectivity index (χ2v) is 5.38. The van der Waals surface area contributed by atoms with E-state index in [-0.39, 0.29) is 11.9 Å². The van der Waals surface area contributed by atoms with Crippen molar-refractivity contribution in [1.29, 1.82) is 0 Å². The highest BCUT2D eigenvalue weighted by Gasteiger charge is 2.17. The molecule has 2 heterocycles. The molecule has 0 radical (unpaired) electrons. The van der Waals surface area contributed by atoms with Crippen molar-refractivity contribution in [1.82, 2.24) is 14.8 Å². The number of amides is 1. The number of carbonyl (C=O) groups is 1. The van der Waals surface area contributed by atoms with Crippen LogP contribution in [0.25, 0.3) is 10.9 Å². The molecule has 5 nitrogen and oxygen atoms in total. The highest BCUT2D eigenvalue weighted by molar-refractivity contribution is 6.09. The van der Waals surface area contributed by atoms with Crippen LogP contribution in [-0.2, 0) is 0 Å². The molecule has 0 aliphatic heterocycles. The van der Waals surface area contributed by atoms with Gasteiger partial charge in [-0.3, -0.25) is 9.48 Å². The molecule has 0 spiro atoms. The van der Waals surface area contributed by atoms with Gasteiger partial charge in [-0.2, -0.15) is 5.10 Å². The van der Waals surface area contributed by atoms with Gasteiger partial charge in [-0.25, -0.2) is 0 Å². The van der Waals surface area contributed by atoms with Crippen LogP contribution in [0, 0.1) is 6.92 Å².